The molecule has 0 aliphatic heterocycles. The van der Waals surface area contributed by atoms with Gasteiger partial charge in [0.15, 0.2) is 0 Å². The number of rotatable bonds is 4. The fourth-order valence-corrected chi connectivity index (χ4v) is 3.44. The van der Waals surface area contributed by atoms with E-state index in [1.807, 2.05) is 0 Å². The number of nitrogens with zero attached hydrogens (tertiary/aromatic N) is 1. The van der Waals surface area contributed by atoms with E-state index in [9.17, 15) is 0 Å². The molecular formula is C17H28N2. The first-order chi connectivity index (χ1) is 9.09. The molecule has 19 heavy (non-hydrogen) atoms. The molecule has 2 rings (SSSR count). The van der Waals surface area contributed by atoms with Gasteiger partial charge in [0.1, 0.15) is 0 Å². The summed E-state index contributed by atoms with van der Waals surface area (Å²) in [5, 5.41) is 0. The van der Waals surface area contributed by atoms with Gasteiger partial charge in [-0.2, -0.15) is 0 Å². The van der Waals surface area contributed by atoms with Crippen LogP contribution in [0.3, 0.4) is 0 Å². The standard InChI is InChI=1S/C17H28N2/c1-13-9-11-16(12-10-13)19(3)17(14(2)18)15-7-5-4-6-8-15/h4-8,13-14,16-17H,9-12,18H2,1-3H3. The van der Waals surface area contributed by atoms with Gasteiger partial charge in [-0.3, -0.25) is 4.90 Å². The van der Waals surface area contributed by atoms with Gasteiger partial charge < -0.3 is 5.73 Å². The maximum Gasteiger partial charge on any atom is 0.0496 e. The van der Waals surface area contributed by atoms with Crippen molar-refractivity contribution in [3.05, 3.63) is 35.9 Å². The first-order valence-electron chi connectivity index (χ1n) is 7.62. The highest BCUT2D eigenvalue weighted by Crippen LogP contribution is 2.32. The molecule has 0 radical (unpaired) electrons. The minimum absolute atomic E-state index is 0.159. The second-order valence-corrected chi connectivity index (χ2v) is 6.29. The van der Waals surface area contributed by atoms with Gasteiger partial charge in [0.2, 0.25) is 0 Å². The van der Waals surface area contributed by atoms with E-state index in [2.05, 4.69) is 56.1 Å². The van der Waals surface area contributed by atoms with Gasteiger partial charge in [-0.15, -0.1) is 0 Å². The van der Waals surface area contributed by atoms with E-state index in [0.29, 0.717) is 12.1 Å². The molecule has 1 aromatic rings. The lowest BCUT2D eigenvalue weighted by Crippen LogP contribution is -2.44. The maximum absolute atomic E-state index is 6.26. The molecule has 2 atom stereocenters. The van der Waals surface area contributed by atoms with Crippen LogP contribution in [-0.4, -0.2) is 24.0 Å². The van der Waals surface area contributed by atoms with Crippen molar-refractivity contribution in [2.45, 2.75) is 57.7 Å². The van der Waals surface area contributed by atoms with Gasteiger partial charge in [-0.25, -0.2) is 0 Å². The third-order valence-corrected chi connectivity index (χ3v) is 4.64. The second kappa shape index (κ2) is 6.53. The summed E-state index contributed by atoms with van der Waals surface area (Å²) in [4.78, 5) is 2.52. The summed E-state index contributed by atoms with van der Waals surface area (Å²) in [5.41, 5.74) is 7.61. The van der Waals surface area contributed by atoms with Crippen LogP contribution in [0.15, 0.2) is 30.3 Å². The average molecular weight is 260 g/mol. The van der Waals surface area contributed by atoms with Crippen molar-refractivity contribution in [3.63, 3.8) is 0 Å². The van der Waals surface area contributed by atoms with Gasteiger partial charge in [0, 0.05) is 18.1 Å². The van der Waals surface area contributed by atoms with Gasteiger partial charge in [-0.1, -0.05) is 37.3 Å². The van der Waals surface area contributed by atoms with Crippen molar-refractivity contribution in [1.29, 1.82) is 0 Å². The fourth-order valence-electron chi connectivity index (χ4n) is 3.44. The van der Waals surface area contributed by atoms with E-state index in [0.717, 1.165) is 5.92 Å². The zero-order valence-electron chi connectivity index (χ0n) is 12.5. The highest BCUT2D eigenvalue weighted by molar-refractivity contribution is 5.20. The smallest absolute Gasteiger partial charge is 0.0496 e. The van der Waals surface area contributed by atoms with E-state index in [-0.39, 0.29) is 6.04 Å². The van der Waals surface area contributed by atoms with Gasteiger partial charge in [0.05, 0.1) is 0 Å². The number of hydrogen-bond donors (Lipinski definition) is 1. The molecule has 1 aromatic carbocycles. The molecule has 1 fully saturated rings. The molecule has 0 spiro atoms. The van der Waals surface area contributed by atoms with Crippen LogP contribution in [0.5, 0.6) is 0 Å². The lowest BCUT2D eigenvalue weighted by atomic mass is 9.85. The predicted octanol–water partition coefficient (Wildman–Crippen LogP) is 3.59. The van der Waals surface area contributed by atoms with Crippen LogP contribution >= 0.6 is 0 Å². The van der Waals surface area contributed by atoms with Crippen LogP contribution in [0.25, 0.3) is 0 Å². The van der Waals surface area contributed by atoms with E-state index in [1.54, 1.807) is 0 Å². The minimum atomic E-state index is 0.159. The predicted molar refractivity (Wildman–Crippen MR) is 82.0 cm³/mol. The highest BCUT2D eigenvalue weighted by atomic mass is 15.2. The summed E-state index contributed by atoms with van der Waals surface area (Å²) in [6, 6.07) is 11.9. The molecule has 0 aromatic heterocycles. The third-order valence-electron chi connectivity index (χ3n) is 4.64. The lowest BCUT2D eigenvalue weighted by molar-refractivity contribution is 0.111. The number of hydrogen-bond acceptors (Lipinski definition) is 2. The zero-order valence-corrected chi connectivity index (χ0v) is 12.5. The Morgan fingerprint density at radius 3 is 2.21 bits per heavy atom. The molecule has 1 aliphatic carbocycles. The van der Waals surface area contributed by atoms with Gasteiger partial charge >= 0.3 is 0 Å². The monoisotopic (exact) mass is 260 g/mol. The zero-order chi connectivity index (χ0) is 13.8. The first-order valence-corrected chi connectivity index (χ1v) is 7.62. The molecule has 0 amide bonds. The third kappa shape index (κ3) is 3.58. The molecule has 0 saturated heterocycles. The van der Waals surface area contributed by atoms with Crippen LogP contribution in [0.1, 0.15) is 51.1 Å². The maximum atomic E-state index is 6.26. The molecule has 1 aliphatic rings. The summed E-state index contributed by atoms with van der Waals surface area (Å²) in [6.45, 7) is 4.50. The Morgan fingerprint density at radius 2 is 1.68 bits per heavy atom. The molecule has 106 valence electrons. The molecule has 1 saturated carbocycles. The van der Waals surface area contributed by atoms with Crippen LogP contribution in [0, 0.1) is 5.92 Å². The minimum Gasteiger partial charge on any atom is -0.326 e. The van der Waals surface area contributed by atoms with Crippen molar-refractivity contribution in [1.82, 2.24) is 4.90 Å². The highest BCUT2D eigenvalue weighted by Gasteiger charge is 2.29. The second-order valence-electron chi connectivity index (χ2n) is 6.29. The van der Waals surface area contributed by atoms with E-state index < -0.39 is 0 Å². The molecule has 2 N–H and O–H groups in total. The number of nitrogens with two attached hydrogens (primary N) is 1. The lowest BCUT2D eigenvalue weighted by Gasteiger charge is -2.40. The molecular weight excluding hydrogens is 232 g/mol. The topological polar surface area (TPSA) is 29.3 Å². The van der Waals surface area contributed by atoms with Crippen molar-refractivity contribution in [2.75, 3.05) is 7.05 Å². The fraction of sp³-hybridized carbons (Fsp3) is 0.647. The summed E-state index contributed by atoms with van der Waals surface area (Å²) < 4.78 is 0. The van der Waals surface area contributed by atoms with E-state index in [4.69, 9.17) is 5.73 Å². The van der Waals surface area contributed by atoms with Crippen molar-refractivity contribution in [2.24, 2.45) is 11.7 Å². The van der Waals surface area contributed by atoms with Crippen molar-refractivity contribution < 1.29 is 0 Å². The Labute approximate surface area is 118 Å². The molecule has 2 nitrogen and oxygen atoms in total. The largest absolute Gasteiger partial charge is 0.326 e. The Kier molecular flexibility index (Phi) is 5.00. The summed E-state index contributed by atoms with van der Waals surface area (Å²) in [6.07, 6.45) is 5.34. The normalized spacial score (nSPS) is 27.2. The van der Waals surface area contributed by atoms with E-state index in [1.165, 1.54) is 31.2 Å². The Morgan fingerprint density at radius 1 is 1.11 bits per heavy atom. The molecule has 0 bridgehead atoms. The molecule has 2 unspecified atom stereocenters. The Bertz CT molecular complexity index is 366. The van der Waals surface area contributed by atoms with Crippen LogP contribution in [-0.2, 0) is 0 Å². The Balaban J connectivity index is 2.11. The average Bonchev–Trinajstić information content (AvgIpc) is 2.40. The summed E-state index contributed by atoms with van der Waals surface area (Å²) >= 11 is 0. The molecule has 2 heteroatoms. The summed E-state index contributed by atoms with van der Waals surface area (Å²) in [5.74, 6) is 0.898. The number of likely N-dealkylation sites (N-methyl/N-ethyl adjacent to an activating group) is 1. The quantitative estimate of drug-likeness (QED) is 0.896. The van der Waals surface area contributed by atoms with Gasteiger partial charge in [0.25, 0.3) is 0 Å². The molecule has 0 heterocycles. The Hall–Kier alpha value is -0.860. The van der Waals surface area contributed by atoms with Crippen LogP contribution < -0.4 is 5.73 Å². The van der Waals surface area contributed by atoms with Crippen LogP contribution in [0.2, 0.25) is 0 Å². The van der Waals surface area contributed by atoms with Crippen LogP contribution in [0.4, 0.5) is 0 Å². The number of benzene rings is 1. The van der Waals surface area contributed by atoms with E-state index >= 15 is 0 Å². The van der Waals surface area contributed by atoms with Crippen molar-refractivity contribution >= 4 is 0 Å². The first kappa shape index (κ1) is 14.5. The summed E-state index contributed by atoms with van der Waals surface area (Å²) in [7, 11) is 2.25. The SMILES string of the molecule is CC1CCC(N(C)C(c2ccccc2)C(C)N)CC1. The van der Waals surface area contributed by atoms with Gasteiger partial charge in [-0.05, 0) is 51.1 Å². The van der Waals surface area contributed by atoms with Crippen molar-refractivity contribution in [3.8, 4) is 0 Å².